The largest absolute Gasteiger partial charge is 0.467 e. The van der Waals surface area contributed by atoms with E-state index in [0.29, 0.717) is 13.1 Å². The Kier molecular flexibility index (Phi) is 4.53. The molecule has 0 aliphatic heterocycles. The molecule has 0 bridgehead atoms. The molecule has 3 nitrogen and oxygen atoms in total. The minimum absolute atomic E-state index is 0.261. The number of ether oxygens (including phenoxy) is 1. The van der Waals surface area contributed by atoms with Crippen molar-refractivity contribution in [1.82, 2.24) is 0 Å². The number of rotatable bonds is 3. The second-order valence-electron chi connectivity index (χ2n) is 4.45. The van der Waals surface area contributed by atoms with Crippen LogP contribution < -0.4 is 5.73 Å². The van der Waals surface area contributed by atoms with Gasteiger partial charge in [-0.15, -0.1) is 0 Å². The lowest BCUT2D eigenvalue weighted by molar-refractivity contribution is -0.128. The smallest absolute Gasteiger partial charge is 0.293 e. The maximum atomic E-state index is 10.4. The Bertz CT molecular complexity index is 517. The zero-order valence-electron chi connectivity index (χ0n) is 11.1. The standard InChI is InChI=1S/C15H14O2.CH5N/c16-10-17-9-15-13-7-3-1-5-11(13)12-6-2-4-8-14(12)15;1-2/h1-3,5-7,10,15H,4,8-9H2;2H2,1H3. The van der Waals surface area contributed by atoms with Gasteiger partial charge < -0.3 is 10.5 Å². The third-order valence-corrected chi connectivity index (χ3v) is 3.59. The third kappa shape index (κ3) is 2.47. The van der Waals surface area contributed by atoms with Crippen molar-refractivity contribution < 1.29 is 9.53 Å². The zero-order valence-corrected chi connectivity index (χ0v) is 11.1. The van der Waals surface area contributed by atoms with Crippen molar-refractivity contribution in [2.45, 2.75) is 18.8 Å². The van der Waals surface area contributed by atoms with Gasteiger partial charge in [0.05, 0.1) is 0 Å². The molecule has 0 aromatic heterocycles. The highest BCUT2D eigenvalue weighted by Gasteiger charge is 2.30. The lowest BCUT2D eigenvalue weighted by Gasteiger charge is -2.16. The Balaban J connectivity index is 0.000000637. The molecule has 3 rings (SSSR count). The number of carbonyl (C=O) groups excluding carboxylic acids is 1. The van der Waals surface area contributed by atoms with Crippen molar-refractivity contribution in [1.29, 1.82) is 0 Å². The number of hydrogen-bond donors (Lipinski definition) is 1. The zero-order chi connectivity index (χ0) is 13.7. The van der Waals surface area contributed by atoms with E-state index in [1.165, 1.54) is 29.3 Å². The fourth-order valence-electron chi connectivity index (χ4n) is 2.87. The van der Waals surface area contributed by atoms with Gasteiger partial charge in [-0.3, -0.25) is 4.79 Å². The van der Waals surface area contributed by atoms with Crippen LogP contribution in [-0.2, 0) is 9.53 Å². The van der Waals surface area contributed by atoms with Crippen LogP contribution in [0, 0.1) is 0 Å². The van der Waals surface area contributed by atoms with Crippen molar-refractivity contribution in [3.05, 3.63) is 53.1 Å². The van der Waals surface area contributed by atoms with Crippen LogP contribution in [0.2, 0.25) is 0 Å². The molecule has 3 heteroatoms. The van der Waals surface area contributed by atoms with Gasteiger partial charge in [-0.05, 0) is 36.6 Å². The Morgan fingerprint density at radius 3 is 2.95 bits per heavy atom. The minimum Gasteiger partial charge on any atom is -0.467 e. The molecule has 0 heterocycles. The van der Waals surface area contributed by atoms with Crippen LogP contribution >= 0.6 is 0 Å². The van der Waals surface area contributed by atoms with E-state index in [-0.39, 0.29) is 5.92 Å². The SMILES string of the molecule is CN.O=COCC1C2=C(C=CCC2)c2ccccc21. The molecular weight excluding hydrogens is 238 g/mol. The van der Waals surface area contributed by atoms with E-state index in [1.807, 2.05) is 0 Å². The van der Waals surface area contributed by atoms with E-state index >= 15 is 0 Å². The molecule has 0 amide bonds. The summed E-state index contributed by atoms with van der Waals surface area (Å²) in [5.74, 6) is 0.261. The predicted octanol–water partition coefficient (Wildman–Crippen LogP) is 2.64. The van der Waals surface area contributed by atoms with Crippen molar-refractivity contribution >= 4 is 12.0 Å². The van der Waals surface area contributed by atoms with Crippen LogP contribution in [0.1, 0.15) is 29.9 Å². The average Bonchev–Trinajstić information content (AvgIpc) is 2.82. The molecule has 0 fully saturated rings. The van der Waals surface area contributed by atoms with Crippen molar-refractivity contribution in [2.24, 2.45) is 5.73 Å². The summed E-state index contributed by atoms with van der Waals surface area (Å²) in [6.07, 6.45) is 6.59. The van der Waals surface area contributed by atoms with Gasteiger partial charge in [0.15, 0.2) is 0 Å². The van der Waals surface area contributed by atoms with E-state index in [2.05, 4.69) is 42.2 Å². The minimum atomic E-state index is 0.261. The quantitative estimate of drug-likeness (QED) is 0.847. The molecule has 2 aliphatic rings. The van der Waals surface area contributed by atoms with Crippen molar-refractivity contribution in [3.8, 4) is 0 Å². The highest BCUT2D eigenvalue weighted by atomic mass is 16.5. The van der Waals surface area contributed by atoms with Crippen LogP contribution in [0.3, 0.4) is 0 Å². The first-order chi connectivity index (χ1) is 9.42. The van der Waals surface area contributed by atoms with Crippen molar-refractivity contribution in [2.75, 3.05) is 13.7 Å². The van der Waals surface area contributed by atoms with Gasteiger partial charge in [0.2, 0.25) is 0 Å². The topological polar surface area (TPSA) is 52.3 Å². The Hall–Kier alpha value is -1.87. The number of fused-ring (bicyclic) bond motifs is 2. The molecule has 1 aromatic carbocycles. The van der Waals surface area contributed by atoms with Gasteiger partial charge in [0, 0.05) is 5.92 Å². The monoisotopic (exact) mass is 257 g/mol. The van der Waals surface area contributed by atoms with E-state index < -0.39 is 0 Å². The number of hydrogen-bond acceptors (Lipinski definition) is 3. The highest BCUT2D eigenvalue weighted by molar-refractivity contribution is 5.85. The molecule has 2 N–H and O–H groups in total. The van der Waals surface area contributed by atoms with Gasteiger partial charge in [-0.25, -0.2) is 0 Å². The summed E-state index contributed by atoms with van der Waals surface area (Å²) in [5, 5.41) is 0. The summed E-state index contributed by atoms with van der Waals surface area (Å²) >= 11 is 0. The second kappa shape index (κ2) is 6.34. The van der Waals surface area contributed by atoms with E-state index in [9.17, 15) is 4.79 Å². The molecule has 19 heavy (non-hydrogen) atoms. The second-order valence-corrected chi connectivity index (χ2v) is 4.45. The maximum Gasteiger partial charge on any atom is 0.293 e. The lowest BCUT2D eigenvalue weighted by atomic mass is 9.91. The lowest BCUT2D eigenvalue weighted by Crippen LogP contribution is -2.08. The predicted molar refractivity (Wildman–Crippen MR) is 76.6 cm³/mol. The summed E-state index contributed by atoms with van der Waals surface area (Å²) in [4.78, 5) is 10.4. The van der Waals surface area contributed by atoms with Gasteiger partial charge >= 0.3 is 0 Å². The maximum absolute atomic E-state index is 10.4. The normalized spacial score (nSPS) is 19.2. The van der Waals surface area contributed by atoms with Gasteiger partial charge in [-0.1, -0.05) is 42.0 Å². The number of benzene rings is 1. The Morgan fingerprint density at radius 2 is 2.16 bits per heavy atom. The molecule has 2 aliphatic carbocycles. The first-order valence-corrected chi connectivity index (χ1v) is 6.53. The molecule has 0 saturated heterocycles. The number of carbonyl (C=O) groups is 1. The van der Waals surface area contributed by atoms with E-state index in [0.717, 1.165) is 12.8 Å². The van der Waals surface area contributed by atoms with Crippen LogP contribution in [0.25, 0.3) is 5.57 Å². The molecule has 100 valence electrons. The molecule has 1 unspecified atom stereocenters. The van der Waals surface area contributed by atoms with Crippen molar-refractivity contribution in [3.63, 3.8) is 0 Å². The summed E-state index contributed by atoms with van der Waals surface area (Å²) in [7, 11) is 1.50. The fourth-order valence-corrected chi connectivity index (χ4v) is 2.87. The number of nitrogens with two attached hydrogens (primary N) is 1. The van der Waals surface area contributed by atoms with Crippen LogP contribution in [0.15, 0.2) is 42.0 Å². The summed E-state index contributed by atoms with van der Waals surface area (Å²) in [5.41, 5.74) is 9.87. The van der Waals surface area contributed by atoms with E-state index in [4.69, 9.17) is 4.74 Å². The molecule has 1 atom stereocenters. The fraction of sp³-hybridized carbons (Fsp3) is 0.312. The van der Waals surface area contributed by atoms with Crippen LogP contribution in [0.5, 0.6) is 0 Å². The summed E-state index contributed by atoms with van der Waals surface area (Å²) in [6.45, 7) is 1.01. The first-order valence-electron chi connectivity index (χ1n) is 6.53. The summed E-state index contributed by atoms with van der Waals surface area (Å²) < 4.78 is 4.98. The van der Waals surface area contributed by atoms with Gasteiger partial charge in [0.25, 0.3) is 6.47 Å². The molecule has 1 aromatic rings. The van der Waals surface area contributed by atoms with Gasteiger partial charge in [-0.2, -0.15) is 0 Å². The highest BCUT2D eigenvalue weighted by Crippen LogP contribution is 2.46. The number of allylic oxidation sites excluding steroid dienone is 3. The molecular formula is C16H19NO2. The first kappa shape index (κ1) is 13.6. The molecule has 0 spiro atoms. The third-order valence-electron chi connectivity index (χ3n) is 3.59. The Morgan fingerprint density at radius 1 is 1.37 bits per heavy atom. The Labute approximate surface area is 113 Å². The molecule has 0 radical (unpaired) electrons. The van der Waals surface area contributed by atoms with Crippen LogP contribution in [0.4, 0.5) is 0 Å². The summed E-state index contributed by atoms with van der Waals surface area (Å²) in [6, 6.07) is 8.41. The molecule has 0 saturated carbocycles. The average molecular weight is 257 g/mol. The van der Waals surface area contributed by atoms with E-state index in [1.54, 1.807) is 0 Å². The van der Waals surface area contributed by atoms with Gasteiger partial charge in [0.1, 0.15) is 6.61 Å². The van der Waals surface area contributed by atoms with Crippen LogP contribution in [-0.4, -0.2) is 20.1 Å².